The van der Waals surface area contributed by atoms with E-state index in [0.29, 0.717) is 11.5 Å². The highest BCUT2D eigenvalue weighted by Gasteiger charge is 2.24. The first-order chi connectivity index (χ1) is 17.0. The molecule has 0 aliphatic heterocycles. The van der Waals surface area contributed by atoms with Crippen molar-refractivity contribution in [3.63, 3.8) is 0 Å². The van der Waals surface area contributed by atoms with E-state index < -0.39 is 6.10 Å². The van der Waals surface area contributed by atoms with Crippen molar-refractivity contribution in [2.75, 3.05) is 31.5 Å². The number of methoxy groups -OCH3 is 2. The van der Waals surface area contributed by atoms with E-state index in [0.717, 1.165) is 17.5 Å². The van der Waals surface area contributed by atoms with E-state index in [1.807, 2.05) is 18.2 Å². The third kappa shape index (κ3) is 14.6. The number of aliphatic hydroxyl groups excluding tert-OH is 1. The summed E-state index contributed by atoms with van der Waals surface area (Å²) in [5, 5.41) is 10.8. The summed E-state index contributed by atoms with van der Waals surface area (Å²) >= 11 is 2.90. The summed E-state index contributed by atoms with van der Waals surface area (Å²) in [6, 6.07) is 8.10. The topological polar surface area (TPSA) is 72.8 Å². The van der Waals surface area contributed by atoms with Crippen LogP contribution in [0.25, 0.3) is 6.08 Å². The van der Waals surface area contributed by atoms with Gasteiger partial charge in [-0.3, -0.25) is 9.59 Å². The lowest BCUT2D eigenvalue weighted by Crippen LogP contribution is -2.21. The number of benzene rings is 1. The Kier molecular flexibility index (Phi) is 18.7. The van der Waals surface area contributed by atoms with Crippen LogP contribution in [-0.2, 0) is 19.1 Å². The molecule has 1 aromatic carbocycles. The summed E-state index contributed by atoms with van der Waals surface area (Å²) in [5.74, 6) is 0.590. The van der Waals surface area contributed by atoms with Crippen LogP contribution in [0.4, 0.5) is 0 Å². The average molecular weight is 525 g/mol. The van der Waals surface area contributed by atoms with Crippen molar-refractivity contribution in [1.82, 2.24) is 0 Å². The van der Waals surface area contributed by atoms with Crippen molar-refractivity contribution in [3.8, 4) is 0 Å². The summed E-state index contributed by atoms with van der Waals surface area (Å²) in [7, 11) is 2.75. The van der Waals surface area contributed by atoms with Gasteiger partial charge in [-0.05, 0) is 24.0 Å². The molecule has 0 heterocycles. The van der Waals surface area contributed by atoms with E-state index in [9.17, 15) is 14.7 Å². The Bertz CT molecular complexity index is 738. The molecule has 7 heteroatoms. The fourth-order valence-electron chi connectivity index (χ4n) is 3.72. The summed E-state index contributed by atoms with van der Waals surface area (Å²) in [6.45, 7) is 2.25. The van der Waals surface area contributed by atoms with Crippen LogP contribution in [0.5, 0.6) is 0 Å². The minimum Gasteiger partial charge on any atom is -0.469 e. The highest BCUT2D eigenvalue weighted by Crippen LogP contribution is 2.36. The normalized spacial score (nSPS) is 13.0. The number of esters is 2. The van der Waals surface area contributed by atoms with Gasteiger partial charge in [0, 0.05) is 11.5 Å². The maximum atomic E-state index is 11.6. The van der Waals surface area contributed by atoms with Crippen LogP contribution in [0, 0.1) is 0 Å². The molecule has 0 saturated carbocycles. The highest BCUT2D eigenvalue weighted by molar-refractivity contribution is 8.00. The fraction of sp³-hybridized carbons (Fsp3) is 0.643. The molecule has 0 fully saturated rings. The number of ether oxygens (including phenoxy) is 2. The third-order valence-corrected chi connectivity index (χ3v) is 8.13. The Morgan fingerprint density at radius 2 is 1.63 bits per heavy atom. The number of unbranched alkanes of at least 4 members (excludes halogenated alkanes) is 8. The largest absolute Gasteiger partial charge is 0.469 e. The van der Waals surface area contributed by atoms with Gasteiger partial charge in [-0.2, -0.15) is 11.8 Å². The molecular formula is C28H44O5S2. The maximum absolute atomic E-state index is 11.6. The third-order valence-electron chi connectivity index (χ3n) is 5.74. The zero-order valence-electron chi connectivity index (χ0n) is 21.7. The van der Waals surface area contributed by atoms with Crippen LogP contribution >= 0.6 is 23.5 Å². The number of allylic oxidation sites excluding steroid dienone is 1. The van der Waals surface area contributed by atoms with Crippen molar-refractivity contribution >= 4 is 41.5 Å². The molecule has 1 aromatic rings. The molecule has 198 valence electrons. The van der Waals surface area contributed by atoms with Crippen LogP contribution in [0.15, 0.2) is 30.3 Å². The number of hydrogen-bond donors (Lipinski definition) is 1. The van der Waals surface area contributed by atoms with E-state index in [-0.39, 0.29) is 29.4 Å². The standard InChI is InChI=1S/C28H44O5S2/c1-4-5-6-7-8-9-10-11-12-13-16-23-17-14-15-18-24(23)28(35-20-19-26(30)32-2)25(29)21-34-22-27(31)33-3/h13-18,25,28-29H,4-12,19-22H2,1-3H3/b16-13+. The number of rotatable bonds is 20. The molecular weight excluding hydrogens is 480 g/mol. The Morgan fingerprint density at radius 3 is 2.31 bits per heavy atom. The molecule has 5 nitrogen and oxygen atoms in total. The van der Waals surface area contributed by atoms with Crippen molar-refractivity contribution in [3.05, 3.63) is 41.5 Å². The lowest BCUT2D eigenvalue weighted by molar-refractivity contribution is -0.140. The van der Waals surface area contributed by atoms with Crippen LogP contribution in [-0.4, -0.2) is 54.6 Å². The Labute approximate surface area is 220 Å². The lowest BCUT2D eigenvalue weighted by atomic mass is 10.0. The van der Waals surface area contributed by atoms with Gasteiger partial charge in [0.05, 0.1) is 37.7 Å². The van der Waals surface area contributed by atoms with Crippen molar-refractivity contribution in [2.45, 2.75) is 82.5 Å². The van der Waals surface area contributed by atoms with E-state index >= 15 is 0 Å². The SMILES string of the molecule is CCCCCCCCCC/C=C/c1ccccc1C(SCCC(=O)OC)C(O)CSCC(=O)OC. The highest BCUT2D eigenvalue weighted by atomic mass is 32.2. The first-order valence-corrected chi connectivity index (χ1v) is 15.0. The van der Waals surface area contributed by atoms with Crippen molar-refractivity contribution in [1.29, 1.82) is 0 Å². The van der Waals surface area contributed by atoms with Gasteiger partial charge >= 0.3 is 11.9 Å². The number of carbonyl (C=O) groups is 2. The first-order valence-electron chi connectivity index (χ1n) is 12.8. The van der Waals surface area contributed by atoms with E-state index in [1.165, 1.54) is 77.3 Å². The average Bonchev–Trinajstić information content (AvgIpc) is 2.87. The summed E-state index contributed by atoms with van der Waals surface area (Å²) in [4.78, 5) is 23.0. The number of thioether (sulfide) groups is 2. The number of carbonyl (C=O) groups excluding carboxylic acids is 2. The number of aliphatic hydroxyl groups is 1. The van der Waals surface area contributed by atoms with Crippen LogP contribution in [0.2, 0.25) is 0 Å². The molecule has 0 radical (unpaired) electrons. The van der Waals surface area contributed by atoms with Crippen molar-refractivity contribution in [2.24, 2.45) is 0 Å². The second-order valence-electron chi connectivity index (χ2n) is 8.57. The second-order valence-corrected chi connectivity index (χ2v) is 10.9. The predicted molar refractivity (Wildman–Crippen MR) is 150 cm³/mol. The molecule has 0 spiro atoms. The van der Waals surface area contributed by atoms with E-state index in [4.69, 9.17) is 9.47 Å². The van der Waals surface area contributed by atoms with E-state index in [2.05, 4.69) is 25.1 Å². The van der Waals surface area contributed by atoms with Gasteiger partial charge in [-0.25, -0.2) is 0 Å². The summed E-state index contributed by atoms with van der Waals surface area (Å²) < 4.78 is 9.46. The quantitative estimate of drug-likeness (QED) is 0.148. The molecule has 0 saturated heterocycles. The minimum atomic E-state index is -0.672. The first kappa shape index (κ1) is 31.6. The van der Waals surface area contributed by atoms with Crippen LogP contribution < -0.4 is 0 Å². The lowest BCUT2D eigenvalue weighted by Gasteiger charge is -2.24. The summed E-state index contributed by atoms with van der Waals surface area (Å²) in [5.41, 5.74) is 2.13. The molecule has 1 N–H and O–H groups in total. The van der Waals surface area contributed by atoms with Gasteiger partial charge in [-0.1, -0.05) is 88.3 Å². The van der Waals surface area contributed by atoms with E-state index in [1.54, 1.807) is 11.8 Å². The zero-order chi connectivity index (χ0) is 25.7. The monoisotopic (exact) mass is 524 g/mol. The van der Waals surface area contributed by atoms with Gasteiger partial charge < -0.3 is 14.6 Å². The van der Waals surface area contributed by atoms with Gasteiger partial charge in [0.1, 0.15) is 0 Å². The van der Waals surface area contributed by atoms with Crippen LogP contribution in [0.1, 0.15) is 87.5 Å². The molecule has 0 amide bonds. The maximum Gasteiger partial charge on any atom is 0.315 e. The summed E-state index contributed by atoms with van der Waals surface area (Å²) in [6.07, 6.45) is 15.5. The molecule has 2 unspecified atom stereocenters. The Balaban J connectivity index is 2.71. The van der Waals surface area contributed by atoms with Gasteiger partial charge in [0.25, 0.3) is 0 Å². The minimum absolute atomic E-state index is 0.202. The molecule has 0 aromatic heterocycles. The second kappa shape index (κ2) is 20.7. The van der Waals surface area contributed by atoms with Gasteiger partial charge in [-0.15, -0.1) is 11.8 Å². The van der Waals surface area contributed by atoms with Gasteiger partial charge in [0.2, 0.25) is 0 Å². The van der Waals surface area contributed by atoms with Crippen molar-refractivity contribution < 1.29 is 24.2 Å². The Morgan fingerprint density at radius 1 is 0.971 bits per heavy atom. The Hall–Kier alpha value is -1.44. The van der Waals surface area contributed by atoms with Crippen LogP contribution in [0.3, 0.4) is 0 Å². The molecule has 2 atom stereocenters. The predicted octanol–water partition coefficient (Wildman–Crippen LogP) is 6.84. The molecule has 0 aliphatic rings. The fourth-order valence-corrected chi connectivity index (χ4v) is 5.93. The number of hydrogen-bond acceptors (Lipinski definition) is 7. The smallest absolute Gasteiger partial charge is 0.315 e. The molecule has 0 aliphatic carbocycles. The molecule has 35 heavy (non-hydrogen) atoms. The molecule has 0 bridgehead atoms. The zero-order valence-corrected chi connectivity index (χ0v) is 23.3. The van der Waals surface area contributed by atoms with Gasteiger partial charge in [0.15, 0.2) is 0 Å². The molecule has 1 rings (SSSR count).